The van der Waals surface area contributed by atoms with Crippen LogP contribution < -0.4 is 15.0 Å². The largest absolute Gasteiger partial charge is 0.497 e. The van der Waals surface area contributed by atoms with Crippen molar-refractivity contribution in [3.63, 3.8) is 0 Å². The number of benzene rings is 3. The monoisotopic (exact) mass is 469 g/mol. The number of nitrogens with zero attached hydrogens (tertiary/aromatic N) is 2. The Morgan fingerprint density at radius 2 is 1.57 bits per heavy atom. The molecule has 2 amide bonds. The van der Waals surface area contributed by atoms with E-state index in [2.05, 4.69) is 10.2 Å². The third-order valence-corrected chi connectivity index (χ3v) is 6.35. The van der Waals surface area contributed by atoms with E-state index in [1.165, 1.54) is 0 Å². The predicted molar refractivity (Wildman–Crippen MR) is 136 cm³/mol. The molecule has 7 heteroatoms. The standard InChI is InChI=1S/C28H27N3O4/c1-19-7-9-20(10-8-19)27(32)29-25-23-5-3-4-6-24(23)35-26(25)28(33)31-17-15-30(16-18-31)21-11-13-22(34-2)14-12-21/h3-14H,15-18H2,1-2H3,(H,29,32). The van der Waals surface area contributed by atoms with Crippen LogP contribution >= 0.6 is 0 Å². The Kier molecular flexibility index (Phi) is 6.14. The molecule has 178 valence electrons. The first-order chi connectivity index (χ1) is 17.0. The third-order valence-electron chi connectivity index (χ3n) is 6.35. The average Bonchev–Trinajstić information content (AvgIpc) is 3.27. The normalized spacial score (nSPS) is 13.7. The Labute approximate surface area is 203 Å². The zero-order chi connectivity index (χ0) is 24.4. The van der Waals surface area contributed by atoms with Crippen LogP contribution in [-0.4, -0.2) is 50.0 Å². The topological polar surface area (TPSA) is 75.0 Å². The van der Waals surface area contributed by atoms with Crippen molar-refractivity contribution in [2.75, 3.05) is 43.5 Å². The second kappa shape index (κ2) is 9.54. The van der Waals surface area contributed by atoms with E-state index in [9.17, 15) is 9.59 Å². The number of furan rings is 1. The molecule has 0 atom stereocenters. The van der Waals surface area contributed by atoms with Crippen molar-refractivity contribution in [2.24, 2.45) is 0 Å². The Morgan fingerprint density at radius 3 is 2.26 bits per heavy atom. The van der Waals surface area contributed by atoms with Gasteiger partial charge >= 0.3 is 0 Å². The van der Waals surface area contributed by atoms with Gasteiger partial charge in [-0.15, -0.1) is 0 Å². The highest BCUT2D eigenvalue weighted by Gasteiger charge is 2.29. The molecule has 1 aromatic heterocycles. The van der Waals surface area contributed by atoms with Gasteiger partial charge in [0.1, 0.15) is 17.0 Å². The molecule has 0 unspecified atom stereocenters. The van der Waals surface area contributed by atoms with Gasteiger partial charge in [0.05, 0.1) is 7.11 Å². The molecule has 0 radical (unpaired) electrons. The van der Waals surface area contributed by atoms with Gasteiger partial charge in [-0.2, -0.15) is 0 Å². The van der Waals surface area contributed by atoms with E-state index in [0.717, 1.165) is 17.0 Å². The molecular formula is C28H27N3O4. The number of ether oxygens (including phenoxy) is 1. The summed E-state index contributed by atoms with van der Waals surface area (Å²) in [5, 5.41) is 3.63. The van der Waals surface area contributed by atoms with Gasteiger partial charge in [-0.1, -0.05) is 29.8 Å². The molecule has 35 heavy (non-hydrogen) atoms. The molecule has 1 aliphatic heterocycles. The summed E-state index contributed by atoms with van der Waals surface area (Å²) in [6.45, 7) is 4.46. The second-order valence-corrected chi connectivity index (χ2v) is 8.60. The summed E-state index contributed by atoms with van der Waals surface area (Å²) in [5.74, 6) is 0.460. The number of anilines is 2. The van der Waals surface area contributed by atoms with E-state index in [4.69, 9.17) is 9.15 Å². The van der Waals surface area contributed by atoms with Gasteiger partial charge in [-0.3, -0.25) is 9.59 Å². The van der Waals surface area contributed by atoms with Gasteiger partial charge in [-0.05, 0) is 55.5 Å². The first kappa shape index (κ1) is 22.5. The van der Waals surface area contributed by atoms with E-state index in [-0.39, 0.29) is 17.6 Å². The maximum Gasteiger partial charge on any atom is 0.291 e. The van der Waals surface area contributed by atoms with Gasteiger partial charge in [0.15, 0.2) is 0 Å². The Bertz CT molecular complexity index is 1350. The summed E-state index contributed by atoms with van der Waals surface area (Å²) in [4.78, 5) is 30.5. The van der Waals surface area contributed by atoms with Gasteiger partial charge in [0, 0.05) is 42.8 Å². The van der Waals surface area contributed by atoms with Crippen LogP contribution in [0.4, 0.5) is 11.4 Å². The molecule has 3 aromatic carbocycles. The van der Waals surface area contributed by atoms with Crippen molar-refractivity contribution in [1.82, 2.24) is 4.90 Å². The van der Waals surface area contributed by atoms with Crippen molar-refractivity contribution >= 4 is 34.2 Å². The lowest BCUT2D eigenvalue weighted by molar-refractivity contribution is 0.0718. The van der Waals surface area contributed by atoms with Gasteiger partial charge in [0.25, 0.3) is 11.8 Å². The molecular weight excluding hydrogens is 442 g/mol. The highest BCUT2D eigenvalue weighted by atomic mass is 16.5. The fourth-order valence-electron chi connectivity index (χ4n) is 4.32. The molecule has 2 heterocycles. The third kappa shape index (κ3) is 4.57. The van der Waals surface area contributed by atoms with Crippen LogP contribution in [0.2, 0.25) is 0 Å². The molecule has 1 saturated heterocycles. The number of fused-ring (bicyclic) bond motifs is 1. The van der Waals surface area contributed by atoms with Gasteiger partial charge < -0.3 is 24.3 Å². The molecule has 0 saturated carbocycles. The van der Waals surface area contributed by atoms with E-state index in [1.807, 2.05) is 61.5 Å². The SMILES string of the molecule is COc1ccc(N2CCN(C(=O)c3oc4ccccc4c3NC(=O)c3ccc(C)cc3)CC2)cc1. The minimum Gasteiger partial charge on any atom is -0.497 e. The summed E-state index contributed by atoms with van der Waals surface area (Å²) < 4.78 is 11.2. The number of piperazine rings is 1. The van der Waals surface area contributed by atoms with Gasteiger partial charge in [-0.25, -0.2) is 0 Å². The smallest absolute Gasteiger partial charge is 0.291 e. The number of hydrogen-bond donors (Lipinski definition) is 1. The zero-order valence-electron chi connectivity index (χ0n) is 19.8. The number of carbonyl (C=O) groups excluding carboxylic acids is 2. The number of aryl methyl sites for hydroxylation is 1. The van der Waals surface area contributed by atoms with Crippen LogP contribution in [0.15, 0.2) is 77.2 Å². The molecule has 5 rings (SSSR count). The fourth-order valence-corrected chi connectivity index (χ4v) is 4.32. The highest BCUT2D eigenvalue weighted by Crippen LogP contribution is 2.32. The summed E-state index contributed by atoms with van der Waals surface area (Å²) in [6, 6.07) is 22.6. The summed E-state index contributed by atoms with van der Waals surface area (Å²) >= 11 is 0. The number of rotatable bonds is 5. The van der Waals surface area contributed by atoms with Crippen LogP contribution in [0.1, 0.15) is 26.5 Å². The summed E-state index contributed by atoms with van der Waals surface area (Å²) in [5.41, 5.74) is 3.65. The van der Waals surface area contributed by atoms with Crippen molar-refractivity contribution in [3.8, 4) is 5.75 Å². The Balaban J connectivity index is 1.36. The lowest BCUT2D eigenvalue weighted by atomic mass is 10.1. The van der Waals surface area contributed by atoms with Crippen molar-refractivity contribution in [1.29, 1.82) is 0 Å². The number of amides is 2. The van der Waals surface area contributed by atoms with E-state index < -0.39 is 0 Å². The zero-order valence-corrected chi connectivity index (χ0v) is 19.8. The lowest BCUT2D eigenvalue weighted by Gasteiger charge is -2.35. The predicted octanol–water partition coefficient (Wildman–Crippen LogP) is 4.96. The summed E-state index contributed by atoms with van der Waals surface area (Å²) in [7, 11) is 1.65. The van der Waals surface area contributed by atoms with Crippen LogP contribution in [0.3, 0.4) is 0 Å². The van der Waals surface area contributed by atoms with Crippen molar-refractivity contribution in [2.45, 2.75) is 6.92 Å². The van der Waals surface area contributed by atoms with Crippen molar-refractivity contribution in [3.05, 3.63) is 89.7 Å². The fraction of sp³-hybridized carbons (Fsp3) is 0.214. The second-order valence-electron chi connectivity index (χ2n) is 8.60. The van der Waals surface area contributed by atoms with Crippen LogP contribution in [0, 0.1) is 6.92 Å². The molecule has 7 nitrogen and oxygen atoms in total. The molecule has 0 spiro atoms. The van der Waals surface area contributed by atoms with Crippen LogP contribution in [-0.2, 0) is 0 Å². The molecule has 1 fully saturated rings. The number of nitrogens with one attached hydrogen (secondary N) is 1. The van der Waals surface area contributed by atoms with Gasteiger partial charge in [0.2, 0.25) is 5.76 Å². The number of carbonyl (C=O) groups is 2. The number of hydrogen-bond acceptors (Lipinski definition) is 5. The van der Waals surface area contributed by atoms with Crippen molar-refractivity contribution < 1.29 is 18.7 Å². The maximum atomic E-state index is 13.5. The molecule has 0 aliphatic carbocycles. The first-order valence-electron chi connectivity index (χ1n) is 11.6. The molecule has 1 aliphatic rings. The molecule has 1 N–H and O–H groups in total. The minimum atomic E-state index is -0.282. The highest BCUT2D eigenvalue weighted by molar-refractivity contribution is 6.14. The van der Waals surface area contributed by atoms with E-state index in [0.29, 0.717) is 48.4 Å². The average molecular weight is 470 g/mol. The molecule has 0 bridgehead atoms. The number of methoxy groups -OCH3 is 1. The maximum absolute atomic E-state index is 13.5. The Hall–Kier alpha value is -4.26. The van der Waals surface area contributed by atoms with E-state index in [1.54, 1.807) is 30.2 Å². The lowest BCUT2D eigenvalue weighted by Crippen LogP contribution is -2.48. The number of para-hydroxylation sites is 1. The molecule has 4 aromatic rings. The van der Waals surface area contributed by atoms with Crippen LogP contribution in [0.5, 0.6) is 5.75 Å². The Morgan fingerprint density at radius 1 is 0.886 bits per heavy atom. The minimum absolute atomic E-state index is 0.157. The first-order valence-corrected chi connectivity index (χ1v) is 11.6. The quantitative estimate of drug-likeness (QED) is 0.447. The van der Waals surface area contributed by atoms with E-state index >= 15 is 0 Å². The van der Waals surface area contributed by atoms with Crippen LogP contribution in [0.25, 0.3) is 11.0 Å². The summed E-state index contributed by atoms with van der Waals surface area (Å²) in [6.07, 6.45) is 0.